The monoisotopic (exact) mass is 476 g/mol. The van der Waals surface area contributed by atoms with Crippen LogP contribution in [0.4, 0.5) is 0 Å². The van der Waals surface area contributed by atoms with Gasteiger partial charge in [0.25, 0.3) is 0 Å². The predicted octanol–water partition coefficient (Wildman–Crippen LogP) is 2.81. The molecule has 9 nitrogen and oxygen atoms in total. The van der Waals surface area contributed by atoms with E-state index in [1.807, 2.05) is 60.9 Å². The summed E-state index contributed by atoms with van der Waals surface area (Å²) in [4.78, 5) is 8.36. The van der Waals surface area contributed by atoms with Crippen molar-refractivity contribution in [2.75, 3.05) is 0 Å². The second kappa shape index (κ2) is 10.3. The SMILES string of the molecule is [O]=[Cr](=[O])([OH])[O][Cr](=[O])(=[O])[OH].c1ccc2ncccc2c1.c1ccc2ncccc2c1. The molecule has 4 rings (SSSR count). The number of nitrogens with zero attached hydrogens (tertiary/aromatic N) is 2. The zero-order valence-corrected chi connectivity index (χ0v) is 17.3. The van der Waals surface area contributed by atoms with Crippen LogP contribution in [0.2, 0.25) is 0 Å². The van der Waals surface area contributed by atoms with Gasteiger partial charge in [-0.05, 0) is 24.3 Å². The molecule has 2 N–H and O–H groups in total. The Bertz CT molecular complexity index is 1060. The van der Waals surface area contributed by atoms with Gasteiger partial charge in [0.05, 0.1) is 11.0 Å². The average Bonchev–Trinajstić information content (AvgIpc) is 2.66. The van der Waals surface area contributed by atoms with E-state index >= 15 is 0 Å². The summed E-state index contributed by atoms with van der Waals surface area (Å²) in [5.74, 6) is 0. The Morgan fingerprint density at radius 3 is 1.24 bits per heavy atom. The first-order chi connectivity index (χ1) is 13.6. The summed E-state index contributed by atoms with van der Waals surface area (Å²) in [6.45, 7) is 0. The van der Waals surface area contributed by atoms with Gasteiger partial charge >= 0.3 is 53.6 Å². The Morgan fingerprint density at radius 2 is 0.931 bits per heavy atom. The number of hydrogen-bond acceptors (Lipinski definition) is 7. The van der Waals surface area contributed by atoms with E-state index in [-0.39, 0.29) is 0 Å². The quantitative estimate of drug-likeness (QED) is 0.446. The first kappa shape index (κ1) is 22.7. The Morgan fingerprint density at radius 1 is 0.586 bits per heavy atom. The van der Waals surface area contributed by atoms with Gasteiger partial charge in [-0.2, -0.15) is 0 Å². The number of hydrogen-bond donors (Lipinski definition) is 2. The van der Waals surface area contributed by atoms with Crippen LogP contribution in [0.15, 0.2) is 85.2 Å². The summed E-state index contributed by atoms with van der Waals surface area (Å²) in [6.07, 6.45) is 3.62. The maximum Gasteiger partial charge on any atom is 0.0701 e. The van der Waals surface area contributed by atoms with Gasteiger partial charge in [-0.1, -0.05) is 48.5 Å². The van der Waals surface area contributed by atoms with Crippen LogP contribution < -0.4 is 0 Å². The zero-order chi connectivity index (χ0) is 21.3. The van der Waals surface area contributed by atoms with E-state index in [9.17, 15) is 15.2 Å². The minimum atomic E-state index is -5.76. The molecule has 29 heavy (non-hydrogen) atoms. The maximum absolute atomic E-state index is 9.53. The van der Waals surface area contributed by atoms with E-state index in [0.717, 1.165) is 11.0 Å². The molecule has 0 fully saturated rings. The second-order valence-corrected chi connectivity index (χ2v) is 9.08. The largest absolute Gasteiger partial charge is 0.256 e. The van der Waals surface area contributed by atoms with Gasteiger partial charge < -0.3 is 0 Å². The molecule has 0 amide bonds. The summed E-state index contributed by atoms with van der Waals surface area (Å²) in [6, 6.07) is 24.2. The fourth-order valence-corrected chi connectivity index (χ4v) is 3.88. The second-order valence-electron chi connectivity index (χ2n) is 5.32. The Labute approximate surface area is 170 Å². The fraction of sp³-hybridized carbons (Fsp3) is 0. The van der Waals surface area contributed by atoms with E-state index in [1.54, 1.807) is 0 Å². The molecule has 0 spiro atoms. The molecule has 0 aliphatic rings. The molecule has 0 unspecified atom stereocenters. The molecule has 2 aromatic carbocycles. The predicted molar refractivity (Wildman–Crippen MR) is 91.8 cm³/mol. The van der Waals surface area contributed by atoms with E-state index in [2.05, 4.69) is 37.1 Å². The molecule has 2 heterocycles. The molecular weight excluding hydrogens is 460 g/mol. The molecule has 0 aliphatic carbocycles. The van der Waals surface area contributed by atoms with E-state index < -0.39 is 27.2 Å². The summed E-state index contributed by atoms with van der Waals surface area (Å²) < 4.78 is 56.3. The summed E-state index contributed by atoms with van der Waals surface area (Å²) in [5.41, 5.74) is 2.12. The van der Waals surface area contributed by atoms with Crippen LogP contribution in [0.3, 0.4) is 0 Å². The zero-order valence-electron chi connectivity index (χ0n) is 14.7. The topological polar surface area (TPSA) is 144 Å². The molecule has 0 bridgehead atoms. The van der Waals surface area contributed by atoms with Crippen LogP contribution in [-0.4, -0.2) is 18.3 Å². The number of para-hydroxylation sites is 2. The van der Waals surface area contributed by atoms with Gasteiger partial charge in [-0.15, -0.1) is 0 Å². The van der Waals surface area contributed by atoms with E-state index in [0.29, 0.717) is 0 Å². The average molecular weight is 476 g/mol. The third-order valence-corrected chi connectivity index (χ3v) is 5.95. The minimum absolute atomic E-state index is 1.06. The molecule has 0 saturated heterocycles. The number of aromatic nitrogens is 2. The molecule has 4 aromatic rings. The third-order valence-electron chi connectivity index (χ3n) is 3.20. The van der Waals surface area contributed by atoms with Gasteiger partial charge in [0.1, 0.15) is 0 Å². The Balaban J connectivity index is 0.000000156. The van der Waals surface area contributed by atoms with Crippen molar-refractivity contribution in [3.63, 3.8) is 0 Å². The van der Waals surface area contributed by atoms with Crippen molar-refractivity contribution >= 4 is 21.8 Å². The molecule has 0 radical (unpaired) electrons. The summed E-state index contributed by atoms with van der Waals surface area (Å²) >= 11 is -11.5. The summed E-state index contributed by atoms with van der Waals surface area (Å²) in [5, 5.41) is 2.40. The van der Waals surface area contributed by atoms with Crippen molar-refractivity contribution in [2.24, 2.45) is 0 Å². The van der Waals surface area contributed by atoms with Crippen LogP contribution in [0, 0.1) is 0 Å². The van der Waals surface area contributed by atoms with Crippen LogP contribution in [0.1, 0.15) is 0 Å². The van der Waals surface area contributed by atoms with Crippen molar-refractivity contribution in [1.29, 1.82) is 0 Å². The molecular formula is C18H16Cr2N2O7. The number of rotatable bonds is 2. The first-order valence-electron chi connectivity index (χ1n) is 7.89. The standard InChI is InChI=1S/2C9H7N.2Cr.2H2O.5O/c2*1-2-6-9-8(4-1)5-3-7-10-9;;;;;;;;;/h2*1-7H;;;2*1H2;;;;;/q;;2*+1;;;;;;;/p-2. The molecule has 11 heteroatoms. The smallest absolute Gasteiger partial charge is 0.0701 e. The molecule has 152 valence electrons. The normalized spacial score (nSPS) is 11.1. The van der Waals surface area contributed by atoms with Crippen molar-refractivity contribution in [1.82, 2.24) is 9.97 Å². The van der Waals surface area contributed by atoms with Crippen molar-refractivity contribution in [2.45, 2.75) is 0 Å². The van der Waals surface area contributed by atoms with Gasteiger partial charge in [0, 0.05) is 23.2 Å². The van der Waals surface area contributed by atoms with Gasteiger partial charge in [0.2, 0.25) is 0 Å². The third kappa shape index (κ3) is 8.96. The van der Waals surface area contributed by atoms with Crippen LogP contribution in [-0.2, 0) is 45.3 Å². The van der Waals surface area contributed by atoms with E-state index in [1.165, 1.54) is 10.8 Å². The van der Waals surface area contributed by atoms with Crippen molar-refractivity contribution in [3.8, 4) is 0 Å². The van der Waals surface area contributed by atoms with Crippen LogP contribution in [0.5, 0.6) is 0 Å². The first-order valence-corrected chi connectivity index (χ1v) is 12.2. The summed E-state index contributed by atoms with van der Waals surface area (Å²) in [7, 11) is 0. The Hall–Kier alpha value is -2.60. The van der Waals surface area contributed by atoms with Crippen molar-refractivity contribution in [3.05, 3.63) is 85.2 Å². The van der Waals surface area contributed by atoms with Crippen LogP contribution in [0.25, 0.3) is 21.8 Å². The molecule has 0 aliphatic heterocycles. The maximum atomic E-state index is 9.53. The van der Waals surface area contributed by atoms with Gasteiger partial charge in [-0.3, -0.25) is 9.97 Å². The minimum Gasteiger partial charge on any atom is -0.256 e. The number of fused-ring (bicyclic) bond motifs is 2. The van der Waals surface area contributed by atoms with Crippen LogP contribution >= 0.6 is 0 Å². The molecule has 0 atom stereocenters. The van der Waals surface area contributed by atoms with Gasteiger partial charge in [-0.25, -0.2) is 0 Å². The Kier molecular flexibility index (Phi) is 8.03. The fourth-order valence-electron chi connectivity index (χ4n) is 2.14. The molecule has 2 aromatic heterocycles. The molecule has 0 saturated carbocycles. The number of benzene rings is 2. The van der Waals surface area contributed by atoms with E-state index in [4.69, 9.17) is 8.32 Å². The van der Waals surface area contributed by atoms with Gasteiger partial charge in [0.15, 0.2) is 0 Å². The van der Waals surface area contributed by atoms with Crippen molar-refractivity contribution < 1.29 is 53.6 Å². The number of pyridine rings is 2.